The van der Waals surface area contributed by atoms with Crippen LogP contribution >= 0.6 is 0 Å². The van der Waals surface area contributed by atoms with Gasteiger partial charge in [-0.25, -0.2) is 14.6 Å². The van der Waals surface area contributed by atoms with Crippen LogP contribution in [0.4, 0.5) is 0 Å². The standard InChI is InChI=1S/C9H7NO6/c1-4(11)16-5-2-6(8(12)13)10-7(3-5)9(14)15/h2-3H,1H3,(H,12,13)(H,14,15). The Morgan fingerprint density at radius 1 is 1.12 bits per heavy atom. The van der Waals surface area contributed by atoms with Crippen molar-refractivity contribution in [2.45, 2.75) is 6.92 Å². The van der Waals surface area contributed by atoms with E-state index in [1.807, 2.05) is 0 Å². The Balaban J connectivity index is 3.23. The van der Waals surface area contributed by atoms with Crippen molar-refractivity contribution in [1.29, 1.82) is 0 Å². The molecule has 0 aromatic carbocycles. The minimum absolute atomic E-state index is 0.169. The van der Waals surface area contributed by atoms with Crippen molar-refractivity contribution >= 4 is 17.9 Å². The van der Waals surface area contributed by atoms with Gasteiger partial charge in [0.25, 0.3) is 0 Å². The lowest BCUT2D eigenvalue weighted by atomic mass is 10.3. The summed E-state index contributed by atoms with van der Waals surface area (Å²) in [5.74, 6) is -3.66. The highest BCUT2D eigenvalue weighted by molar-refractivity contribution is 5.90. The smallest absolute Gasteiger partial charge is 0.354 e. The van der Waals surface area contributed by atoms with Gasteiger partial charge in [-0.2, -0.15) is 0 Å². The lowest BCUT2D eigenvalue weighted by molar-refractivity contribution is -0.131. The summed E-state index contributed by atoms with van der Waals surface area (Å²) < 4.78 is 4.59. The number of esters is 1. The van der Waals surface area contributed by atoms with Crippen LogP contribution < -0.4 is 4.74 Å². The molecule has 1 heterocycles. The molecule has 0 aliphatic heterocycles. The zero-order chi connectivity index (χ0) is 12.3. The Hall–Kier alpha value is -2.44. The van der Waals surface area contributed by atoms with Crippen molar-refractivity contribution in [2.24, 2.45) is 0 Å². The van der Waals surface area contributed by atoms with E-state index < -0.39 is 29.3 Å². The number of hydrogen-bond donors (Lipinski definition) is 2. The maximum Gasteiger partial charge on any atom is 0.354 e. The number of aromatic carboxylic acids is 2. The van der Waals surface area contributed by atoms with Gasteiger partial charge in [0.2, 0.25) is 0 Å². The number of hydrogen-bond acceptors (Lipinski definition) is 5. The summed E-state index contributed by atoms with van der Waals surface area (Å²) in [6, 6.07) is 1.94. The Morgan fingerprint density at radius 2 is 1.56 bits per heavy atom. The van der Waals surface area contributed by atoms with E-state index in [4.69, 9.17) is 10.2 Å². The first-order valence-electron chi connectivity index (χ1n) is 4.07. The van der Waals surface area contributed by atoms with Crippen molar-refractivity contribution in [3.05, 3.63) is 23.5 Å². The quantitative estimate of drug-likeness (QED) is 0.715. The molecule has 0 atom stereocenters. The van der Waals surface area contributed by atoms with Gasteiger partial charge in [0.15, 0.2) is 11.4 Å². The second kappa shape index (κ2) is 4.39. The predicted molar refractivity (Wildman–Crippen MR) is 49.5 cm³/mol. The molecule has 0 radical (unpaired) electrons. The third-order valence-electron chi connectivity index (χ3n) is 1.50. The molecule has 16 heavy (non-hydrogen) atoms. The number of carbonyl (C=O) groups is 3. The zero-order valence-electron chi connectivity index (χ0n) is 8.13. The number of pyridine rings is 1. The molecular weight excluding hydrogens is 218 g/mol. The van der Waals surface area contributed by atoms with Crippen molar-refractivity contribution in [2.75, 3.05) is 0 Å². The van der Waals surface area contributed by atoms with E-state index in [1.54, 1.807) is 0 Å². The second-order valence-electron chi connectivity index (χ2n) is 2.78. The number of ether oxygens (including phenoxy) is 1. The molecule has 0 saturated carbocycles. The minimum atomic E-state index is -1.41. The van der Waals surface area contributed by atoms with Gasteiger partial charge in [-0.05, 0) is 0 Å². The normalized spacial score (nSPS) is 9.56. The fourth-order valence-electron chi connectivity index (χ4n) is 0.949. The van der Waals surface area contributed by atoms with E-state index in [9.17, 15) is 14.4 Å². The average Bonchev–Trinajstić information content (AvgIpc) is 2.15. The van der Waals surface area contributed by atoms with Gasteiger partial charge >= 0.3 is 17.9 Å². The van der Waals surface area contributed by atoms with Gasteiger partial charge in [-0.15, -0.1) is 0 Å². The van der Waals surface area contributed by atoms with Crippen LogP contribution in [-0.2, 0) is 4.79 Å². The monoisotopic (exact) mass is 225 g/mol. The van der Waals surface area contributed by atoms with Crippen molar-refractivity contribution in [1.82, 2.24) is 4.98 Å². The van der Waals surface area contributed by atoms with Crippen molar-refractivity contribution in [3.63, 3.8) is 0 Å². The first-order chi connectivity index (χ1) is 7.40. The summed E-state index contributed by atoms with van der Waals surface area (Å²) in [6.07, 6.45) is 0. The third kappa shape index (κ3) is 2.77. The summed E-state index contributed by atoms with van der Waals surface area (Å²) in [7, 11) is 0. The number of nitrogens with zero attached hydrogens (tertiary/aromatic N) is 1. The molecule has 0 aliphatic rings. The predicted octanol–water partition coefficient (Wildman–Crippen LogP) is 0.403. The van der Waals surface area contributed by atoms with Crippen LogP contribution in [0.5, 0.6) is 5.75 Å². The van der Waals surface area contributed by atoms with Gasteiger partial charge in [-0.3, -0.25) is 4.79 Å². The van der Waals surface area contributed by atoms with Crippen LogP contribution in [0.1, 0.15) is 27.9 Å². The molecule has 2 N–H and O–H groups in total. The Bertz CT molecular complexity index is 435. The summed E-state index contributed by atoms with van der Waals surface area (Å²) in [5, 5.41) is 17.3. The highest BCUT2D eigenvalue weighted by atomic mass is 16.5. The highest BCUT2D eigenvalue weighted by Gasteiger charge is 2.14. The molecule has 7 heteroatoms. The maximum atomic E-state index is 10.6. The molecule has 0 amide bonds. The van der Waals surface area contributed by atoms with Crippen molar-refractivity contribution in [3.8, 4) is 5.75 Å². The number of carboxylic acids is 2. The molecule has 7 nitrogen and oxygen atoms in total. The Morgan fingerprint density at radius 3 is 1.88 bits per heavy atom. The summed E-state index contributed by atoms with van der Waals surface area (Å²) >= 11 is 0. The topological polar surface area (TPSA) is 114 Å². The van der Waals surface area contributed by atoms with Crippen molar-refractivity contribution < 1.29 is 29.3 Å². The molecule has 0 aliphatic carbocycles. The second-order valence-corrected chi connectivity index (χ2v) is 2.78. The third-order valence-corrected chi connectivity index (χ3v) is 1.50. The fourth-order valence-corrected chi connectivity index (χ4v) is 0.949. The summed E-state index contributed by atoms with van der Waals surface area (Å²) in [6.45, 7) is 1.11. The Kier molecular flexibility index (Phi) is 3.19. The Labute approximate surface area is 89.3 Å². The van der Waals surface area contributed by atoms with E-state index in [-0.39, 0.29) is 5.75 Å². The molecule has 0 spiro atoms. The van der Waals surface area contributed by atoms with Gasteiger partial charge in [0, 0.05) is 19.1 Å². The van der Waals surface area contributed by atoms with Gasteiger partial charge in [-0.1, -0.05) is 0 Å². The number of rotatable bonds is 3. The number of aromatic nitrogens is 1. The van der Waals surface area contributed by atoms with Crippen LogP contribution in [0.2, 0.25) is 0 Å². The van der Waals surface area contributed by atoms with Crippen LogP contribution in [0.15, 0.2) is 12.1 Å². The van der Waals surface area contributed by atoms with E-state index >= 15 is 0 Å². The number of carboxylic acid groups (broad SMARTS) is 2. The zero-order valence-corrected chi connectivity index (χ0v) is 8.13. The van der Waals surface area contributed by atoms with Crippen LogP contribution in [0.25, 0.3) is 0 Å². The van der Waals surface area contributed by atoms with E-state index in [1.165, 1.54) is 0 Å². The van der Waals surface area contributed by atoms with E-state index in [0.717, 1.165) is 19.1 Å². The molecule has 84 valence electrons. The highest BCUT2D eigenvalue weighted by Crippen LogP contribution is 2.14. The SMILES string of the molecule is CC(=O)Oc1cc(C(=O)O)nc(C(=O)O)c1. The molecule has 0 saturated heterocycles. The minimum Gasteiger partial charge on any atom is -0.477 e. The summed E-state index contributed by atoms with van der Waals surface area (Å²) in [4.78, 5) is 35.2. The van der Waals surface area contributed by atoms with Gasteiger partial charge < -0.3 is 14.9 Å². The number of carbonyl (C=O) groups excluding carboxylic acids is 1. The van der Waals surface area contributed by atoms with Gasteiger partial charge in [0.1, 0.15) is 5.75 Å². The fraction of sp³-hybridized carbons (Fsp3) is 0.111. The van der Waals surface area contributed by atoms with Crippen LogP contribution in [-0.4, -0.2) is 33.1 Å². The largest absolute Gasteiger partial charge is 0.477 e. The van der Waals surface area contributed by atoms with E-state index in [2.05, 4.69) is 9.72 Å². The molecule has 1 rings (SSSR count). The van der Waals surface area contributed by atoms with Gasteiger partial charge in [0.05, 0.1) is 0 Å². The molecule has 1 aromatic heterocycles. The molecular formula is C9H7NO6. The molecule has 0 unspecified atom stereocenters. The molecule has 0 bridgehead atoms. The van der Waals surface area contributed by atoms with Crippen LogP contribution in [0.3, 0.4) is 0 Å². The lowest BCUT2D eigenvalue weighted by Gasteiger charge is -2.03. The first kappa shape index (κ1) is 11.6. The first-order valence-corrected chi connectivity index (χ1v) is 4.07. The van der Waals surface area contributed by atoms with Crippen LogP contribution in [0, 0.1) is 0 Å². The molecule has 0 fully saturated rings. The average molecular weight is 225 g/mol. The lowest BCUT2D eigenvalue weighted by Crippen LogP contribution is -2.10. The molecule has 1 aromatic rings. The maximum absolute atomic E-state index is 10.6. The van der Waals surface area contributed by atoms with E-state index in [0.29, 0.717) is 0 Å². The summed E-state index contributed by atoms with van der Waals surface area (Å²) in [5.41, 5.74) is -1.01.